The number of pyridine rings is 1. The molecule has 0 aliphatic rings. The van der Waals surface area contributed by atoms with Crippen LogP contribution in [0.25, 0.3) is 0 Å². The molecule has 0 spiro atoms. The first-order valence-corrected chi connectivity index (χ1v) is 9.79. The first kappa shape index (κ1) is 21.0. The first-order chi connectivity index (χ1) is 14.5. The second-order valence-corrected chi connectivity index (χ2v) is 7.11. The fraction of sp³-hybridized carbons (Fsp3) is 0.208. The Labute approximate surface area is 175 Å². The maximum absolute atomic E-state index is 13.0. The van der Waals surface area contributed by atoms with Crippen LogP contribution in [0.15, 0.2) is 77.9 Å². The van der Waals surface area contributed by atoms with Gasteiger partial charge in [-0.25, -0.2) is 0 Å². The summed E-state index contributed by atoms with van der Waals surface area (Å²) in [6.45, 7) is 0.907. The van der Waals surface area contributed by atoms with E-state index in [1.807, 2.05) is 60.7 Å². The molecule has 3 aromatic rings. The van der Waals surface area contributed by atoms with Gasteiger partial charge in [-0.3, -0.25) is 14.4 Å². The average molecular weight is 403 g/mol. The normalized spacial score (nSPS) is 10.5. The van der Waals surface area contributed by atoms with Crippen LogP contribution in [0.1, 0.15) is 31.8 Å². The maximum atomic E-state index is 13.0. The summed E-state index contributed by atoms with van der Waals surface area (Å²) in [6, 6.07) is 19.5. The summed E-state index contributed by atoms with van der Waals surface area (Å²) in [7, 11) is 3.11. The van der Waals surface area contributed by atoms with Crippen molar-refractivity contribution in [3.8, 4) is 0 Å². The van der Waals surface area contributed by atoms with Crippen LogP contribution >= 0.6 is 0 Å². The van der Waals surface area contributed by atoms with Crippen molar-refractivity contribution in [2.45, 2.75) is 19.5 Å². The van der Waals surface area contributed by atoms with Crippen molar-refractivity contribution in [2.24, 2.45) is 0 Å². The predicted molar refractivity (Wildman–Crippen MR) is 116 cm³/mol. The van der Waals surface area contributed by atoms with Crippen molar-refractivity contribution in [1.82, 2.24) is 14.8 Å². The van der Waals surface area contributed by atoms with Gasteiger partial charge < -0.3 is 14.8 Å². The van der Waals surface area contributed by atoms with Crippen LogP contribution in [0.5, 0.6) is 0 Å². The number of amides is 2. The number of nitrogens with zero attached hydrogens (tertiary/aromatic N) is 2. The molecule has 0 atom stereocenters. The molecule has 0 aliphatic carbocycles. The minimum Gasteiger partial charge on any atom is -0.355 e. The molecule has 0 bridgehead atoms. The third-order valence-electron chi connectivity index (χ3n) is 4.89. The van der Waals surface area contributed by atoms with E-state index in [4.69, 9.17) is 0 Å². The lowest BCUT2D eigenvalue weighted by atomic mass is 10.1. The van der Waals surface area contributed by atoms with Gasteiger partial charge in [-0.15, -0.1) is 0 Å². The van der Waals surface area contributed by atoms with Crippen molar-refractivity contribution in [3.63, 3.8) is 0 Å². The highest BCUT2D eigenvalue weighted by molar-refractivity contribution is 5.98. The third-order valence-corrected chi connectivity index (χ3v) is 4.89. The molecular weight excluding hydrogens is 378 g/mol. The number of carbonyl (C=O) groups is 2. The SMILES string of the molecule is CNC(=O)c1cn(CCc2ccccc2)cc(C(=O)N(C)Cc2ccccc2)c1=O. The van der Waals surface area contributed by atoms with Gasteiger partial charge >= 0.3 is 0 Å². The van der Waals surface area contributed by atoms with Gasteiger partial charge in [0.1, 0.15) is 11.1 Å². The molecule has 6 heteroatoms. The van der Waals surface area contributed by atoms with Crippen LogP contribution < -0.4 is 10.7 Å². The zero-order chi connectivity index (χ0) is 21.5. The van der Waals surface area contributed by atoms with Crippen molar-refractivity contribution in [2.75, 3.05) is 14.1 Å². The van der Waals surface area contributed by atoms with E-state index in [0.29, 0.717) is 19.5 Å². The molecule has 1 N–H and O–H groups in total. The van der Waals surface area contributed by atoms with Gasteiger partial charge in [0.05, 0.1) is 0 Å². The van der Waals surface area contributed by atoms with Crippen molar-refractivity contribution < 1.29 is 9.59 Å². The number of carbonyl (C=O) groups excluding carboxylic acids is 2. The van der Waals surface area contributed by atoms with Crippen LogP contribution in [-0.4, -0.2) is 35.4 Å². The molecule has 0 saturated heterocycles. The van der Waals surface area contributed by atoms with Crippen LogP contribution in [0, 0.1) is 0 Å². The molecule has 30 heavy (non-hydrogen) atoms. The largest absolute Gasteiger partial charge is 0.355 e. The lowest BCUT2D eigenvalue weighted by molar-refractivity contribution is 0.0783. The molecule has 2 amide bonds. The molecule has 0 unspecified atom stereocenters. The van der Waals surface area contributed by atoms with Crippen LogP contribution in [0.2, 0.25) is 0 Å². The van der Waals surface area contributed by atoms with Crippen molar-refractivity contribution in [1.29, 1.82) is 0 Å². The number of aryl methyl sites for hydroxylation is 2. The highest BCUT2D eigenvalue weighted by Gasteiger charge is 2.21. The fourth-order valence-corrected chi connectivity index (χ4v) is 3.25. The van der Waals surface area contributed by atoms with E-state index in [1.165, 1.54) is 18.1 Å². The van der Waals surface area contributed by atoms with E-state index in [2.05, 4.69) is 5.32 Å². The average Bonchev–Trinajstić information content (AvgIpc) is 2.78. The maximum Gasteiger partial charge on any atom is 0.259 e. The van der Waals surface area contributed by atoms with Crippen molar-refractivity contribution >= 4 is 11.8 Å². The zero-order valence-corrected chi connectivity index (χ0v) is 17.2. The van der Waals surface area contributed by atoms with Gasteiger partial charge in [0.2, 0.25) is 5.43 Å². The minimum absolute atomic E-state index is 0.0115. The Kier molecular flexibility index (Phi) is 6.80. The van der Waals surface area contributed by atoms with Crippen molar-refractivity contribution in [3.05, 3.63) is 106 Å². The first-order valence-electron chi connectivity index (χ1n) is 9.79. The number of rotatable bonds is 7. The molecular formula is C24H25N3O3. The van der Waals surface area contributed by atoms with Crippen LogP contribution in [0.3, 0.4) is 0 Å². The van der Waals surface area contributed by atoms with E-state index in [9.17, 15) is 14.4 Å². The molecule has 0 saturated carbocycles. The Morgan fingerprint density at radius 1 is 0.900 bits per heavy atom. The summed E-state index contributed by atoms with van der Waals surface area (Å²) >= 11 is 0. The number of aromatic nitrogens is 1. The quantitative estimate of drug-likeness (QED) is 0.659. The summed E-state index contributed by atoms with van der Waals surface area (Å²) < 4.78 is 1.74. The number of nitrogens with one attached hydrogen (secondary N) is 1. The lowest BCUT2D eigenvalue weighted by Gasteiger charge is -2.18. The molecule has 0 aliphatic heterocycles. The smallest absolute Gasteiger partial charge is 0.259 e. The zero-order valence-electron chi connectivity index (χ0n) is 17.2. The van der Waals surface area contributed by atoms with Crippen LogP contribution in [0.4, 0.5) is 0 Å². The van der Waals surface area contributed by atoms with Gasteiger partial charge in [0.25, 0.3) is 11.8 Å². The molecule has 0 fully saturated rings. The molecule has 154 valence electrons. The Morgan fingerprint density at radius 3 is 2.07 bits per heavy atom. The highest BCUT2D eigenvalue weighted by Crippen LogP contribution is 2.09. The second kappa shape index (κ2) is 9.69. The lowest BCUT2D eigenvalue weighted by Crippen LogP contribution is -2.35. The Balaban J connectivity index is 1.90. The predicted octanol–water partition coefficient (Wildman–Crippen LogP) is 2.72. The Hall–Kier alpha value is -3.67. The van der Waals surface area contributed by atoms with E-state index in [-0.39, 0.29) is 11.1 Å². The van der Waals surface area contributed by atoms with Gasteiger partial charge in [0.15, 0.2) is 0 Å². The summed E-state index contributed by atoms with van der Waals surface area (Å²) in [4.78, 5) is 39.6. The number of hydrogen-bond donors (Lipinski definition) is 1. The monoisotopic (exact) mass is 403 g/mol. The van der Waals surface area contributed by atoms with Gasteiger partial charge in [-0.2, -0.15) is 0 Å². The summed E-state index contributed by atoms with van der Waals surface area (Å²) in [5, 5.41) is 2.48. The molecule has 2 aromatic carbocycles. The number of benzene rings is 2. The standard InChI is InChI=1S/C24H25N3O3/c1-25-23(29)20-16-27(14-13-18-9-5-3-6-10-18)17-21(22(20)28)24(30)26(2)15-19-11-7-4-8-12-19/h3-12,16-17H,13-15H2,1-2H3,(H,25,29). The van der Waals surface area contributed by atoms with Crippen LogP contribution in [-0.2, 0) is 19.5 Å². The fourth-order valence-electron chi connectivity index (χ4n) is 3.25. The topological polar surface area (TPSA) is 71.4 Å². The van der Waals surface area contributed by atoms with Gasteiger partial charge in [-0.1, -0.05) is 60.7 Å². The Morgan fingerprint density at radius 2 is 1.47 bits per heavy atom. The summed E-state index contributed by atoms with van der Waals surface area (Å²) in [5.41, 5.74) is 1.48. The highest BCUT2D eigenvalue weighted by atomic mass is 16.2. The van der Waals surface area contributed by atoms with E-state index in [0.717, 1.165) is 11.1 Å². The van der Waals surface area contributed by atoms with E-state index >= 15 is 0 Å². The Bertz CT molecular complexity index is 1080. The molecule has 1 aromatic heterocycles. The second-order valence-electron chi connectivity index (χ2n) is 7.11. The molecule has 3 rings (SSSR count). The third kappa shape index (κ3) is 5.03. The van der Waals surface area contributed by atoms with Gasteiger partial charge in [0, 0.05) is 39.6 Å². The minimum atomic E-state index is -0.560. The van der Waals surface area contributed by atoms with E-state index in [1.54, 1.807) is 17.8 Å². The molecule has 0 radical (unpaired) electrons. The summed E-state index contributed by atoms with van der Waals surface area (Å²) in [6.07, 6.45) is 3.77. The van der Waals surface area contributed by atoms with E-state index < -0.39 is 17.2 Å². The summed E-state index contributed by atoms with van der Waals surface area (Å²) in [5.74, 6) is -0.920. The number of hydrogen-bond acceptors (Lipinski definition) is 3. The molecule has 6 nitrogen and oxygen atoms in total. The molecule has 1 heterocycles. The van der Waals surface area contributed by atoms with Gasteiger partial charge in [-0.05, 0) is 17.5 Å².